The first kappa shape index (κ1) is 42.7. The van der Waals surface area contributed by atoms with Gasteiger partial charge in [-0.1, -0.05) is 200 Å². The van der Waals surface area contributed by atoms with Gasteiger partial charge < -0.3 is 13.9 Å². The fourth-order valence-electron chi connectivity index (χ4n) is 11.7. The molecule has 2 aromatic heterocycles. The molecule has 0 amide bonds. The molecule has 0 atom stereocenters. The van der Waals surface area contributed by atoms with Crippen molar-refractivity contribution in [3.63, 3.8) is 0 Å². The van der Waals surface area contributed by atoms with Crippen molar-refractivity contribution < 1.29 is 4.42 Å². The molecule has 2 heterocycles. The van der Waals surface area contributed by atoms with Crippen LogP contribution in [0.15, 0.2) is 283 Å². The van der Waals surface area contributed by atoms with Gasteiger partial charge in [-0.25, -0.2) is 0 Å². The van der Waals surface area contributed by atoms with E-state index in [4.69, 9.17) is 4.42 Å². The molecule has 0 fully saturated rings. The highest BCUT2D eigenvalue weighted by molar-refractivity contribution is 6.16. The van der Waals surface area contributed by atoms with Gasteiger partial charge in [0.25, 0.3) is 0 Å². The summed E-state index contributed by atoms with van der Waals surface area (Å²) in [7, 11) is 0. The number of benzene rings is 13. The molecule has 15 rings (SSSR count). The summed E-state index contributed by atoms with van der Waals surface area (Å²) in [6, 6.07) is 102. The molecular formula is C72H46N2O. The van der Waals surface area contributed by atoms with E-state index in [-0.39, 0.29) is 0 Å². The molecule has 0 aliphatic rings. The molecule has 0 unspecified atom stereocenters. The summed E-state index contributed by atoms with van der Waals surface area (Å²) in [6.45, 7) is 0. The molecule has 350 valence electrons. The number of anilines is 3. The summed E-state index contributed by atoms with van der Waals surface area (Å²) in [4.78, 5) is 2.40. The Kier molecular flexibility index (Phi) is 9.89. The molecule has 0 N–H and O–H groups in total. The van der Waals surface area contributed by atoms with E-state index in [1.165, 1.54) is 65.4 Å². The Hall–Kier alpha value is -9.96. The van der Waals surface area contributed by atoms with Crippen molar-refractivity contribution in [3.05, 3.63) is 279 Å². The van der Waals surface area contributed by atoms with Gasteiger partial charge in [0.2, 0.25) is 0 Å². The van der Waals surface area contributed by atoms with Crippen molar-refractivity contribution in [1.82, 2.24) is 4.57 Å². The molecule has 3 nitrogen and oxygen atoms in total. The zero-order chi connectivity index (χ0) is 49.4. The Morgan fingerprint density at radius 1 is 0.280 bits per heavy atom. The predicted molar refractivity (Wildman–Crippen MR) is 317 cm³/mol. The Morgan fingerprint density at radius 3 is 1.45 bits per heavy atom. The van der Waals surface area contributed by atoms with Crippen LogP contribution in [0.5, 0.6) is 0 Å². The minimum atomic E-state index is 0.881. The molecule has 0 radical (unpaired) electrons. The smallest absolute Gasteiger partial charge is 0.143 e. The van der Waals surface area contributed by atoms with Crippen LogP contribution in [0.25, 0.3) is 126 Å². The molecule has 0 saturated heterocycles. The largest absolute Gasteiger partial charge is 0.455 e. The van der Waals surface area contributed by atoms with Crippen LogP contribution in [0.3, 0.4) is 0 Å². The van der Waals surface area contributed by atoms with Gasteiger partial charge in [0.05, 0.1) is 16.7 Å². The molecule has 13 aromatic carbocycles. The lowest BCUT2D eigenvalue weighted by Crippen LogP contribution is -2.11. The summed E-state index contributed by atoms with van der Waals surface area (Å²) in [5.74, 6) is 0. The molecule has 0 saturated carbocycles. The fraction of sp³-hybridized carbons (Fsp3) is 0. The van der Waals surface area contributed by atoms with E-state index < -0.39 is 0 Å². The van der Waals surface area contributed by atoms with Crippen LogP contribution in [-0.2, 0) is 0 Å². The van der Waals surface area contributed by atoms with Gasteiger partial charge in [-0.3, -0.25) is 0 Å². The van der Waals surface area contributed by atoms with Crippen molar-refractivity contribution in [3.8, 4) is 50.2 Å². The lowest BCUT2D eigenvalue weighted by Gasteiger charge is -2.28. The molecule has 0 spiro atoms. The standard InChI is InChI=1S/C72H46N2O/c1-3-16-60-51(12-1)28-29-53-30-31-55(45-66(53)60)49-26-24-47(25-27-49)48-32-38-57(39-33-48)73(68-21-8-5-17-61(68)56-37-43-71-67(46-56)65-42-36-52-13-2-4-18-62(52)72(65)75-71)58-40-34-50(35-41-58)54-14-11-15-59(44-54)74-69-22-9-6-19-63(69)64-20-7-10-23-70(64)74/h1-46H. The van der Waals surface area contributed by atoms with Crippen LogP contribution in [0, 0.1) is 0 Å². The first-order chi connectivity index (χ1) is 37.2. The van der Waals surface area contributed by atoms with E-state index >= 15 is 0 Å². The van der Waals surface area contributed by atoms with Gasteiger partial charge in [-0.15, -0.1) is 0 Å². The Bertz CT molecular complexity index is 4640. The van der Waals surface area contributed by atoms with Crippen LogP contribution in [0.1, 0.15) is 0 Å². The van der Waals surface area contributed by atoms with Crippen LogP contribution in [-0.4, -0.2) is 4.57 Å². The van der Waals surface area contributed by atoms with Crippen LogP contribution in [0.4, 0.5) is 17.1 Å². The summed E-state index contributed by atoms with van der Waals surface area (Å²) in [5.41, 5.74) is 17.8. The zero-order valence-electron chi connectivity index (χ0n) is 40.9. The van der Waals surface area contributed by atoms with Gasteiger partial charge in [0, 0.05) is 49.6 Å². The first-order valence-corrected chi connectivity index (χ1v) is 25.7. The maximum atomic E-state index is 6.58. The van der Waals surface area contributed by atoms with E-state index in [2.05, 4.69) is 289 Å². The molecule has 3 heteroatoms. The summed E-state index contributed by atoms with van der Waals surface area (Å²) in [5, 5.41) is 12.1. The number of hydrogen-bond donors (Lipinski definition) is 0. The van der Waals surface area contributed by atoms with Gasteiger partial charge in [-0.05, 0) is 145 Å². The summed E-state index contributed by atoms with van der Waals surface area (Å²) < 4.78 is 8.97. The third-order valence-electron chi connectivity index (χ3n) is 15.4. The molecule has 15 aromatic rings. The highest BCUT2D eigenvalue weighted by Gasteiger charge is 2.20. The van der Waals surface area contributed by atoms with Crippen molar-refractivity contribution in [2.24, 2.45) is 0 Å². The zero-order valence-corrected chi connectivity index (χ0v) is 40.9. The maximum absolute atomic E-state index is 6.58. The first-order valence-electron chi connectivity index (χ1n) is 25.7. The van der Waals surface area contributed by atoms with E-state index in [0.717, 1.165) is 77.9 Å². The molecule has 0 bridgehead atoms. The number of aromatic nitrogens is 1. The predicted octanol–water partition coefficient (Wildman–Crippen LogP) is 20.3. The van der Waals surface area contributed by atoms with E-state index in [1.54, 1.807) is 0 Å². The molecular weight excluding hydrogens is 909 g/mol. The summed E-state index contributed by atoms with van der Waals surface area (Å²) >= 11 is 0. The van der Waals surface area contributed by atoms with Crippen molar-refractivity contribution in [2.45, 2.75) is 0 Å². The number of furan rings is 1. The molecule has 0 aliphatic carbocycles. The van der Waals surface area contributed by atoms with E-state index in [9.17, 15) is 0 Å². The van der Waals surface area contributed by atoms with Crippen LogP contribution < -0.4 is 4.90 Å². The van der Waals surface area contributed by atoms with Crippen LogP contribution >= 0.6 is 0 Å². The van der Waals surface area contributed by atoms with Gasteiger partial charge in [0.1, 0.15) is 11.2 Å². The maximum Gasteiger partial charge on any atom is 0.143 e. The van der Waals surface area contributed by atoms with Crippen molar-refractivity contribution >= 4 is 93.1 Å². The van der Waals surface area contributed by atoms with E-state index in [1.807, 2.05) is 0 Å². The highest BCUT2D eigenvalue weighted by atomic mass is 16.3. The topological polar surface area (TPSA) is 21.3 Å². The van der Waals surface area contributed by atoms with Gasteiger partial charge in [0.15, 0.2) is 0 Å². The quantitative estimate of drug-likeness (QED) is 0.142. The second-order valence-electron chi connectivity index (χ2n) is 19.6. The fourth-order valence-corrected chi connectivity index (χ4v) is 11.7. The number of hydrogen-bond acceptors (Lipinski definition) is 2. The Balaban J connectivity index is 0.813. The van der Waals surface area contributed by atoms with E-state index in [0.29, 0.717) is 0 Å². The average molecular weight is 955 g/mol. The van der Waals surface area contributed by atoms with Crippen molar-refractivity contribution in [1.29, 1.82) is 0 Å². The molecule has 0 aliphatic heterocycles. The van der Waals surface area contributed by atoms with Crippen LogP contribution in [0.2, 0.25) is 0 Å². The van der Waals surface area contributed by atoms with Crippen molar-refractivity contribution in [2.75, 3.05) is 4.90 Å². The monoisotopic (exact) mass is 954 g/mol. The second kappa shape index (κ2) is 17.4. The Labute approximate surface area is 434 Å². The lowest BCUT2D eigenvalue weighted by molar-refractivity contribution is 0.672. The molecule has 75 heavy (non-hydrogen) atoms. The third-order valence-corrected chi connectivity index (χ3v) is 15.4. The number of para-hydroxylation sites is 3. The summed E-state index contributed by atoms with van der Waals surface area (Å²) in [6.07, 6.45) is 0. The third kappa shape index (κ3) is 7.20. The van der Waals surface area contributed by atoms with Gasteiger partial charge >= 0.3 is 0 Å². The van der Waals surface area contributed by atoms with Gasteiger partial charge in [-0.2, -0.15) is 0 Å². The average Bonchev–Trinajstić information content (AvgIpc) is 4.06. The minimum Gasteiger partial charge on any atom is -0.455 e. The Morgan fingerprint density at radius 2 is 0.760 bits per heavy atom. The number of nitrogens with zero attached hydrogens (tertiary/aromatic N) is 2. The number of rotatable bonds is 8. The number of fused-ring (bicyclic) bond motifs is 11. The normalized spacial score (nSPS) is 11.7. The SMILES string of the molecule is c1cc(-c2ccc(N(c3ccc(-c4ccc(-c5ccc6ccc7ccccc7c6c5)cc4)cc3)c3ccccc3-c3ccc4oc5c6ccccc6ccc5c4c3)cc2)cc(-n2c3ccccc3c3ccccc32)c1. The minimum absolute atomic E-state index is 0.881. The lowest BCUT2D eigenvalue weighted by atomic mass is 9.96. The second-order valence-corrected chi connectivity index (χ2v) is 19.6. The highest BCUT2D eigenvalue weighted by Crippen LogP contribution is 2.44.